The number of fused-ring (bicyclic) bond motifs is 4. The predicted octanol–water partition coefficient (Wildman–Crippen LogP) is 14.0. The number of nitrogens with one attached hydrogen (secondary N) is 3. The average molecular weight is 1070 g/mol. The Morgan fingerprint density at radius 1 is 0.551 bits per heavy atom. The van der Waals surface area contributed by atoms with Crippen molar-refractivity contribution in [3.05, 3.63) is 144 Å². The van der Waals surface area contributed by atoms with E-state index < -0.39 is 0 Å². The van der Waals surface area contributed by atoms with Crippen LogP contribution < -0.4 is 16.0 Å². The zero-order valence-corrected chi connectivity index (χ0v) is 50.7. The number of carbonyl (C=O) groups is 2. The van der Waals surface area contributed by atoms with Crippen molar-refractivity contribution in [3.8, 4) is 0 Å². The molecular formula is C68H106N6O4. The summed E-state index contributed by atoms with van der Waals surface area (Å²) < 4.78 is 5.33. The molecule has 2 amide bonds. The number of anilines is 2. The molecule has 0 bridgehead atoms. The van der Waals surface area contributed by atoms with E-state index in [4.69, 9.17) is 4.74 Å². The van der Waals surface area contributed by atoms with Crippen molar-refractivity contribution in [2.75, 3.05) is 89.2 Å². The average Bonchev–Trinajstić information content (AvgIpc) is 4.31. The van der Waals surface area contributed by atoms with Crippen molar-refractivity contribution < 1.29 is 19.4 Å². The number of aliphatic hydroxyl groups excluding tert-OH is 1. The molecule has 0 radical (unpaired) electrons. The molecular weight excluding hydrogens is 965 g/mol. The highest BCUT2D eigenvalue weighted by atomic mass is 16.6. The van der Waals surface area contributed by atoms with E-state index in [1.807, 2.05) is 166 Å². The van der Waals surface area contributed by atoms with Gasteiger partial charge in [0.1, 0.15) is 0 Å². The lowest BCUT2D eigenvalue weighted by atomic mass is 9.74. The summed E-state index contributed by atoms with van der Waals surface area (Å²) in [6.45, 7) is 35.4. The number of likely N-dealkylation sites (tertiary alicyclic amines) is 3. The standard InChI is InChI=1S/C28H35N3O2.C16H19NO2.C12H16N2.6C2H6/c32-26(20-30-18-14-28(15-19-30)21-29-25-9-5-4-8-24(25)28)23-12-16-31(17-13-23)27(33)11-10-22-6-2-1-3-7-22;18-16(7-6-13-4-2-1-3-5-13)17-10-8-14(9-11-17)15-12-19-15;1-2-4-11-10(3-1)12(9-14-11)5-7-13-8-6-12;6*1-2/h1-11,23,26,29,32H,12-21H2;1-7,14-15H,8-12H2;1-4,13-14H,5-9H2;6*1-2H3/b11-10+;7-6+;;;;;;;. The van der Waals surface area contributed by atoms with Crippen molar-refractivity contribution >= 4 is 35.3 Å². The molecule has 4 aromatic rings. The van der Waals surface area contributed by atoms with Crippen LogP contribution in [-0.4, -0.2) is 122 Å². The topological polar surface area (TPSA) is 113 Å². The van der Waals surface area contributed by atoms with Gasteiger partial charge in [-0.1, -0.05) is 180 Å². The first kappa shape index (κ1) is 67.0. The van der Waals surface area contributed by atoms with E-state index in [0.29, 0.717) is 17.4 Å². The lowest BCUT2D eigenvalue weighted by Crippen LogP contribution is -2.48. The van der Waals surface area contributed by atoms with E-state index in [9.17, 15) is 14.7 Å². The summed E-state index contributed by atoms with van der Waals surface area (Å²) in [6.07, 6.45) is 16.0. The largest absolute Gasteiger partial charge is 0.392 e. The van der Waals surface area contributed by atoms with Gasteiger partial charge in [-0.25, -0.2) is 0 Å². The Morgan fingerprint density at radius 2 is 0.936 bits per heavy atom. The molecule has 5 fully saturated rings. The number of hydrogen-bond acceptors (Lipinski definition) is 8. The van der Waals surface area contributed by atoms with Gasteiger partial charge < -0.3 is 40.5 Å². The number of epoxide rings is 1. The van der Waals surface area contributed by atoms with Crippen LogP contribution in [0.1, 0.15) is 157 Å². The second-order valence-electron chi connectivity index (χ2n) is 19.7. The zero-order valence-electron chi connectivity index (χ0n) is 50.7. The van der Waals surface area contributed by atoms with E-state index >= 15 is 0 Å². The van der Waals surface area contributed by atoms with Gasteiger partial charge in [0.05, 0.1) is 18.8 Å². The van der Waals surface area contributed by atoms with E-state index in [1.54, 1.807) is 17.7 Å². The van der Waals surface area contributed by atoms with E-state index in [1.165, 1.54) is 29.8 Å². The van der Waals surface area contributed by atoms with Crippen LogP contribution in [0.2, 0.25) is 0 Å². The summed E-state index contributed by atoms with van der Waals surface area (Å²) >= 11 is 0. The van der Waals surface area contributed by atoms with E-state index in [2.05, 4.69) is 69.4 Å². The van der Waals surface area contributed by atoms with Crippen molar-refractivity contribution in [1.29, 1.82) is 0 Å². The Labute approximate surface area is 474 Å². The lowest BCUT2D eigenvalue weighted by Gasteiger charge is -2.41. The minimum atomic E-state index is -0.315. The Bertz CT molecular complexity index is 2250. The van der Waals surface area contributed by atoms with Gasteiger partial charge in [-0.2, -0.15) is 0 Å². The number of benzene rings is 4. The van der Waals surface area contributed by atoms with Gasteiger partial charge in [0, 0.05) is 80.2 Å². The van der Waals surface area contributed by atoms with Gasteiger partial charge in [-0.15, -0.1) is 0 Å². The summed E-state index contributed by atoms with van der Waals surface area (Å²) in [5, 5.41) is 21.5. The molecule has 10 nitrogen and oxygen atoms in total. The smallest absolute Gasteiger partial charge is 0.246 e. The Morgan fingerprint density at radius 3 is 1.36 bits per heavy atom. The zero-order chi connectivity index (χ0) is 57.2. The second-order valence-corrected chi connectivity index (χ2v) is 19.7. The molecule has 2 unspecified atom stereocenters. The van der Waals surface area contributed by atoms with Crippen LogP contribution in [0, 0.1) is 11.8 Å². The molecule has 0 saturated carbocycles. The van der Waals surface area contributed by atoms with E-state index in [-0.39, 0.29) is 29.3 Å². The van der Waals surface area contributed by atoms with Crippen molar-refractivity contribution in [3.63, 3.8) is 0 Å². The van der Waals surface area contributed by atoms with Gasteiger partial charge in [0.15, 0.2) is 0 Å². The summed E-state index contributed by atoms with van der Waals surface area (Å²) in [5.41, 5.74) is 8.47. The van der Waals surface area contributed by atoms with E-state index in [0.717, 1.165) is 128 Å². The monoisotopic (exact) mass is 1070 g/mol. The maximum absolute atomic E-state index is 12.5. The molecule has 0 aromatic heterocycles. The molecule has 11 rings (SSSR count). The number of nitrogens with zero attached hydrogens (tertiary/aromatic N) is 3. The van der Waals surface area contributed by atoms with Crippen molar-refractivity contribution in [2.45, 2.75) is 157 Å². The molecule has 4 aromatic carbocycles. The normalized spacial score (nSPS) is 19.6. The molecule has 432 valence electrons. The second kappa shape index (κ2) is 37.6. The maximum atomic E-state index is 12.5. The Balaban J connectivity index is 0.000000301. The minimum Gasteiger partial charge on any atom is -0.392 e. The molecule has 10 heteroatoms. The van der Waals surface area contributed by atoms with Gasteiger partial charge in [-0.3, -0.25) is 9.59 Å². The first-order valence-corrected chi connectivity index (χ1v) is 30.8. The van der Waals surface area contributed by atoms with Crippen LogP contribution in [0.15, 0.2) is 121 Å². The number of aliphatic hydroxyl groups is 1. The van der Waals surface area contributed by atoms with Gasteiger partial charge in [-0.05, 0) is 136 Å². The molecule has 78 heavy (non-hydrogen) atoms. The SMILES string of the molecule is CC.CC.CC.CC.CC.CC.O=C(/C=C/c1ccccc1)N1CCC(C(O)CN2CCC3(CC2)CNc2ccccc23)CC1.O=C(/C=C/c1ccccc1)N1CCC(C2CO2)CC1.c1ccc2c(c1)NCC21CCNCC1. The number of hydrogen-bond donors (Lipinski definition) is 4. The van der Waals surface area contributed by atoms with Crippen molar-refractivity contribution in [1.82, 2.24) is 20.0 Å². The molecule has 2 atom stereocenters. The summed E-state index contributed by atoms with van der Waals surface area (Å²) in [4.78, 5) is 30.9. The fourth-order valence-corrected chi connectivity index (χ4v) is 11.3. The molecule has 7 aliphatic rings. The predicted molar refractivity (Wildman–Crippen MR) is 334 cm³/mol. The molecule has 7 aliphatic heterocycles. The van der Waals surface area contributed by atoms with Gasteiger partial charge in [0.25, 0.3) is 0 Å². The maximum Gasteiger partial charge on any atom is 0.246 e. The number of amides is 2. The van der Waals surface area contributed by atoms with Crippen LogP contribution in [0.3, 0.4) is 0 Å². The number of β-amino-alcohol motifs (C(OH)–C–C–N with tert-alkyl or cyclic N) is 1. The third-order valence-electron chi connectivity index (χ3n) is 15.6. The summed E-state index contributed by atoms with van der Waals surface area (Å²) in [6, 6.07) is 37.3. The molecule has 7 heterocycles. The van der Waals surface area contributed by atoms with Crippen molar-refractivity contribution in [2.24, 2.45) is 11.8 Å². The molecule has 0 aliphatic carbocycles. The first-order chi connectivity index (χ1) is 38.4. The lowest BCUT2D eigenvalue weighted by molar-refractivity contribution is -0.128. The number of carbonyl (C=O) groups excluding carboxylic acids is 2. The van der Waals surface area contributed by atoms with Crippen LogP contribution in [0.25, 0.3) is 12.2 Å². The highest BCUT2D eigenvalue weighted by molar-refractivity contribution is 5.92. The third kappa shape index (κ3) is 19.8. The van der Waals surface area contributed by atoms with Crippen LogP contribution in [0.5, 0.6) is 0 Å². The first-order valence-electron chi connectivity index (χ1n) is 30.8. The molecule has 2 spiro atoms. The number of piperidine rings is 4. The van der Waals surface area contributed by atoms with Crippen LogP contribution in [-0.2, 0) is 25.2 Å². The Kier molecular flexibility index (Phi) is 32.3. The fourth-order valence-electron chi connectivity index (χ4n) is 11.3. The fraction of sp³-hybridized carbons (Fsp3) is 0.559. The highest BCUT2D eigenvalue weighted by Crippen LogP contribution is 2.44. The third-order valence-corrected chi connectivity index (χ3v) is 15.6. The number of ether oxygens (including phenoxy) is 1. The van der Waals surface area contributed by atoms with Crippen LogP contribution in [0.4, 0.5) is 11.4 Å². The highest BCUT2D eigenvalue weighted by Gasteiger charge is 2.42. The molecule has 5 saturated heterocycles. The number of rotatable bonds is 8. The summed E-state index contributed by atoms with van der Waals surface area (Å²) in [5.74, 6) is 1.14. The quantitative estimate of drug-likeness (QED) is 0.102. The number of para-hydroxylation sites is 2. The molecule has 4 N–H and O–H groups in total. The van der Waals surface area contributed by atoms with Gasteiger partial charge >= 0.3 is 0 Å². The van der Waals surface area contributed by atoms with Gasteiger partial charge in [0.2, 0.25) is 11.8 Å². The summed E-state index contributed by atoms with van der Waals surface area (Å²) in [7, 11) is 0. The Hall–Kier alpha value is -5.26. The van der Waals surface area contributed by atoms with Crippen LogP contribution >= 0.6 is 0 Å². The minimum absolute atomic E-state index is 0.0681.